The highest BCUT2D eigenvalue weighted by Gasteiger charge is 2.32. The summed E-state index contributed by atoms with van der Waals surface area (Å²) in [6.07, 6.45) is 0. The van der Waals surface area contributed by atoms with Gasteiger partial charge in [0.25, 0.3) is 10.0 Å². The first-order valence-electron chi connectivity index (χ1n) is 11.1. The Hall–Kier alpha value is -3.43. The summed E-state index contributed by atoms with van der Waals surface area (Å²) in [6.45, 7) is 2.94. The number of benzene rings is 3. The monoisotopic (exact) mass is 531 g/mol. The molecule has 3 rings (SSSR count). The molecule has 3 aromatic rings. The summed E-state index contributed by atoms with van der Waals surface area (Å²) in [5, 5.41) is 2.24. The second-order valence-corrected chi connectivity index (χ2v) is 10.5. The van der Waals surface area contributed by atoms with Crippen molar-refractivity contribution < 1.29 is 22.4 Å². The second kappa shape index (κ2) is 11.5. The van der Waals surface area contributed by atoms with E-state index in [0.717, 1.165) is 27.6 Å². The zero-order valence-corrected chi connectivity index (χ0v) is 21.7. The van der Waals surface area contributed by atoms with E-state index < -0.39 is 40.2 Å². The van der Waals surface area contributed by atoms with Crippen molar-refractivity contribution in [3.05, 3.63) is 94.8 Å². The summed E-state index contributed by atoms with van der Waals surface area (Å²) >= 11 is 5.94. The van der Waals surface area contributed by atoms with Crippen LogP contribution in [0.3, 0.4) is 0 Å². The van der Waals surface area contributed by atoms with E-state index in [-0.39, 0.29) is 22.2 Å². The van der Waals surface area contributed by atoms with Gasteiger partial charge in [-0.05, 0) is 49.7 Å². The van der Waals surface area contributed by atoms with Crippen LogP contribution in [0.5, 0.6) is 0 Å². The van der Waals surface area contributed by atoms with Crippen LogP contribution < -0.4 is 9.62 Å². The lowest BCUT2D eigenvalue weighted by Crippen LogP contribution is -2.50. The standard InChI is InChI=1S/C26H27ClFN3O4S/c1-18-9-11-20(12-10-18)16-30(19(2)26(33)29-3)25(32)17-31(21-13-14-24(28)23(27)15-21)36(34,35)22-7-5-4-6-8-22/h4-15,19H,16-17H2,1-3H3,(H,29,33). The maximum atomic E-state index is 13.9. The minimum Gasteiger partial charge on any atom is -0.357 e. The van der Waals surface area contributed by atoms with E-state index in [2.05, 4.69) is 5.32 Å². The van der Waals surface area contributed by atoms with Gasteiger partial charge in [0.2, 0.25) is 11.8 Å². The van der Waals surface area contributed by atoms with Crippen molar-refractivity contribution in [1.82, 2.24) is 10.2 Å². The summed E-state index contributed by atoms with van der Waals surface area (Å²) in [5.41, 5.74) is 1.82. The van der Waals surface area contributed by atoms with Gasteiger partial charge >= 0.3 is 0 Å². The van der Waals surface area contributed by atoms with Gasteiger partial charge in [-0.25, -0.2) is 12.8 Å². The molecule has 0 saturated carbocycles. The van der Waals surface area contributed by atoms with Crippen molar-refractivity contribution >= 4 is 39.1 Å². The minimum atomic E-state index is -4.24. The van der Waals surface area contributed by atoms with Crippen LogP contribution in [-0.2, 0) is 26.2 Å². The van der Waals surface area contributed by atoms with Gasteiger partial charge in [0.1, 0.15) is 18.4 Å². The molecule has 7 nitrogen and oxygen atoms in total. The Labute approximate surface area is 215 Å². The molecule has 0 aliphatic heterocycles. The molecule has 0 heterocycles. The lowest BCUT2D eigenvalue weighted by atomic mass is 10.1. The van der Waals surface area contributed by atoms with E-state index in [1.165, 1.54) is 30.1 Å². The number of likely N-dealkylation sites (N-methyl/N-ethyl adjacent to an activating group) is 1. The number of amides is 2. The minimum absolute atomic E-state index is 0.0153. The van der Waals surface area contributed by atoms with Crippen LogP contribution in [0.15, 0.2) is 77.7 Å². The maximum absolute atomic E-state index is 13.9. The Bertz CT molecular complexity index is 1340. The number of halogens is 2. The lowest BCUT2D eigenvalue weighted by molar-refractivity contribution is -0.139. The number of anilines is 1. The Kier molecular flexibility index (Phi) is 8.70. The topological polar surface area (TPSA) is 86.8 Å². The fourth-order valence-corrected chi connectivity index (χ4v) is 5.17. The molecule has 0 fully saturated rings. The Morgan fingerprint density at radius 2 is 1.67 bits per heavy atom. The number of hydrogen-bond acceptors (Lipinski definition) is 4. The van der Waals surface area contributed by atoms with Gasteiger partial charge in [-0.15, -0.1) is 0 Å². The highest BCUT2D eigenvalue weighted by molar-refractivity contribution is 7.92. The Morgan fingerprint density at radius 3 is 2.25 bits per heavy atom. The number of rotatable bonds is 9. The molecule has 0 radical (unpaired) electrons. The van der Waals surface area contributed by atoms with E-state index >= 15 is 0 Å². The molecule has 1 N–H and O–H groups in total. The number of nitrogens with zero attached hydrogens (tertiary/aromatic N) is 2. The first kappa shape index (κ1) is 27.2. The molecule has 0 spiro atoms. The molecule has 10 heteroatoms. The highest BCUT2D eigenvalue weighted by atomic mass is 35.5. The Balaban J connectivity index is 2.04. The molecular weight excluding hydrogens is 505 g/mol. The second-order valence-electron chi connectivity index (χ2n) is 8.22. The average Bonchev–Trinajstić information content (AvgIpc) is 2.88. The molecule has 1 unspecified atom stereocenters. The lowest BCUT2D eigenvalue weighted by Gasteiger charge is -2.31. The van der Waals surface area contributed by atoms with Gasteiger partial charge in [-0.1, -0.05) is 59.6 Å². The van der Waals surface area contributed by atoms with Crippen molar-refractivity contribution in [2.75, 3.05) is 17.9 Å². The predicted molar refractivity (Wildman–Crippen MR) is 138 cm³/mol. The number of aryl methyl sites for hydroxylation is 1. The predicted octanol–water partition coefficient (Wildman–Crippen LogP) is 4.15. The molecule has 2 amide bonds. The largest absolute Gasteiger partial charge is 0.357 e. The SMILES string of the molecule is CNC(=O)C(C)N(Cc1ccc(C)cc1)C(=O)CN(c1ccc(F)c(Cl)c1)S(=O)(=O)c1ccccc1. The van der Waals surface area contributed by atoms with E-state index in [1.807, 2.05) is 31.2 Å². The zero-order valence-electron chi connectivity index (χ0n) is 20.1. The van der Waals surface area contributed by atoms with Crippen LogP contribution >= 0.6 is 11.6 Å². The van der Waals surface area contributed by atoms with E-state index in [0.29, 0.717) is 0 Å². The summed E-state index contributed by atoms with van der Waals surface area (Å²) in [5.74, 6) is -1.75. The van der Waals surface area contributed by atoms with Crippen LogP contribution in [0.1, 0.15) is 18.1 Å². The van der Waals surface area contributed by atoms with Crippen molar-refractivity contribution in [2.24, 2.45) is 0 Å². The molecule has 0 aliphatic rings. The molecule has 190 valence electrons. The normalized spacial score (nSPS) is 12.0. The fourth-order valence-electron chi connectivity index (χ4n) is 3.57. The molecule has 36 heavy (non-hydrogen) atoms. The maximum Gasteiger partial charge on any atom is 0.264 e. The summed E-state index contributed by atoms with van der Waals surface area (Å²) in [7, 11) is -2.78. The van der Waals surface area contributed by atoms with E-state index in [9.17, 15) is 22.4 Å². The van der Waals surface area contributed by atoms with E-state index in [4.69, 9.17) is 11.6 Å². The highest BCUT2D eigenvalue weighted by Crippen LogP contribution is 2.28. The number of sulfonamides is 1. The number of hydrogen-bond donors (Lipinski definition) is 1. The average molecular weight is 532 g/mol. The molecule has 0 aliphatic carbocycles. The van der Waals surface area contributed by atoms with Gasteiger partial charge in [0.15, 0.2) is 0 Å². The molecular formula is C26H27ClFN3O4S. The van der Waals surface area contributed by atoms with Crippen LogP contribution in [-0.4, -0.2) is 44.8 Å². The van der Waals surface area contributed by atoms with Gasteiger partial charge in [-0.2, -0.15) is 0 Å². The van der Waals surface area contributed by atoms with Crippen molar-refractivity contribution in [1.29, 1.82) is 0 Å². The number of carbonyl (C=O) groups is 2. The van der Waals surface area contributed by atoms with Crippen LogP contribution in [0.25, 0.3) is 0 Å². The van der Waals surface area contributed by atoms with Gasteiger partial charge in [0, 0.05) is 13.6 Å². The van der Waals surface area contributed by atoms with Crippen molar-refractivity contribution in [2.45, 2.75) is 31.3 Å². The zero-order chi connectivity index (χ0) is 26.5. The van der Waals surface area contributed by atoms with Gasteiger partial charge in [-0.3, -0.25) is 13.9 Å². The third kappa shape index (κ3) is 6.22. The summed E-state index contributed by atoms with van der Waals surface area (Å²) < 4.78 is 41.9. The van der Waals surface area contributed by atoms with Gasteiger partial charge in [0.05, 0.1) is 15.6 Å². The Morgan fingerprint density at radius 1 is 1.03 bits per heavy atom. The third-order valence-electron chi connectivity index (χ3n) is 5.69. The van der Waals surface area contributed by atoms with Crippen LogP contribution in [0, 0.1) is 12.7 Å². The first-order chi connectivity index (χ1) is 17.0. The number of nitrogens with one attached hydrogen (secondary N) is 1. The summed E-state index contributed by atoms with van der Waals surface area (Å²) in [4.78, 5) is 27.3. The van der Waals surface area contributed by atoms with Crippen LogP contribution in [0.2, 0.25) is 5.02 Å². The molecule has 0 aromatic heterocycles. The third-order valence-corrected chi connectivity index (χ3v) is 7.77. The van der Waals surface area contributed by atoms with Crippen molar-refractivity contribution in [3.8, 4) is 0 Å². The number of carbonyl (C=O) groups excluding carboxylic acids is 2. The first-order valence-corrected chi connectivity index (χ1v) is 13.0. The van der Waals surface area contributed by atoms with Crippen LogP contribution in [0.4, 0.5) is 10.1 Å². The summed E-state index contributed by atoms with van der Waals surface area (Å²) in [6, 6.07) is 17.6. The molecule has 3 aromatic carbocycles. The molecule has 0 bridgehead atoms. The van der Waals surface area contributed by atoms with Crippen molar-refractivity contribution in [3.63, 3.8) is 0 Å². The van der Waals surface area contributed by atoms with E-state index in [1.54, 1.807) is 25.1 Å². The molecule has 1 atom stereocenters. The smallest absolute Gasteiger partial charge is 0.264 e. The van der Waals surface area contributed by atoms with Gasteiger partial charge < -0.3 is 10.2 Å². The fraction of sp³-hybridized carbons (Fsp3) is 0.231. The molecule has 0 saturated heterocycles. The quantitative estimate of drug-likeness (QED) is 0.449.